The molecule has 144 valence electrons. The van der Waals surface area contributed by atoms with Crippen molar-refractivity contribution in [3.63, 3.8) is 0 Å². The Morgan fingerprint density at radius 3 is 2.93 bits per heavy atom. The van der Waals surface area contributed by atoms with Gasteiger partial charge in [-0.15, -0.1) is 11.3 Å². The molecule has 0 aliphatic carbocycles. The van der Waals surface area contributed by atoms with Crippen LogP contribution in [0.3, 0.4) is 0 Å². The molecule has 0 aliphatic heterocycles. The second kappa shape index (κ2) is 8.15. The van der Waals surface area contributed by atoms with Gasteiger partial charge in [-0.05, 0) is 25.1 Å². The summed E-state index contributed by atoms with van der Waals surface area (Å²) in [6, 6.07) is 5.89. The molecule has 4 rings (SSSR count). The number of benzene rings is 1. The van der Waals surface area contributed by atoms with E-state index in [1.165, 1.54) is 0 Å². The van der Waals surface area contributed by atoms with Crippen molar-refractivity contribution in [2.45, 2.75) is 17.7 Å². The summed E-state index contributed by atoms with van der Waals surface area (Å²) in [7, 11) is 3.52. The Labute approximate surface area is 170 Å². The van der Waals surface area contributed by atoms with Crippen LogP contribution in [0.15, 0.2) is 41.1 Å². The number of aromatic nitrogens is 5. The molecule has 0 aliphatic rings. The lowest BCUT2D eigenvalue weighted by Crippen LogP contribution is -1.95. The van der Waals surface area contributed by atoms with E-state index in [2.05, 4.69) is 20.4 Å². The summed E-state index contributed by atoms with van der Waals surface area (Å²) in [6.07, 6.45) is 3.38. The maximum absolute atomic E-state index is 5.58. The lowest BCUT2D eigenvalue weighted by atomic mass is 10.2. The van der Waals surface area contributed by atoms with E-state index < -0.39 is 0 Å². The van der Waals surface area contributed by atoms with E-state index >= 15 is 0 Å². The molecule has 4 aromatic rings. The van der Waals surface area contributed by atoms with Crippen LogP contribution < -0.4 is 9.47 Å². The highest BCUT2D eigenvalue weighted by Gasteiger charge is 2.12. The predicted molar refractivity (Wildman–Crippen MR) is 111 cm³/mol. The molecule has 0 unspecified atom stereocenters. The second-order valence-electron chi connectivity index (χ2n) is 5.92. The Morgan fingerprint density at radius 1 is 1.21 bits per heavy atom. The molecule has 28 heavy (non-hydrogen) atoms. The quantitative estimate of drug-likeness (QED) is 0.332. The summed E-state index contributed by atoms with van der Waals surface area (Å²) in [6.45, 7) is 2.55. The first kappa shape index (κ1) is 18.7. The Balaban J connectivity index is 1.51. The van der Waals surface area contributed by atoms with Crippen LogP contribution in [0.2, 0.25) is 0 Å². The van der Waals surface area contributed by atoms with Crippen molar-refractivity contribution < 1.29 is 9.47 Å². The maximum Gasteiger partial charge on any atom is 0.162 e. The highest BCUT2D eigenvalue weighted by atomic mass is 32.2. The van der Waals surface area contributed by atoms with Gasteiger partial charge in [0.25, 0.3) is 0 Å². The van der Waals surface area contributed by atoms with E-state index in [-0.39, 0.29) is 0 Å². The lowest BCUT2D eigenvalue weighted by Gasteiger charge is -2.09. The molecule has 1 aromatic carbocycles. The van der Waals surface area contributed by atoms with Crippen LogP contribution in [0.25, 0.3) is 21.6 Å². The van der Waals surface area contributed by atoms with Gasteiger partial charge in [0.2, 0.25) is 0 Å². The zero-order valence-electron chi connectivity index (χ0n) is 15.7. The number of aryl methyl sites for hydroxylation is 1. The smallest absolute Gasteiger partial charge is 0.162 e. The van der Waals surface area contributed by atoms with Gasteiger partial charge in [-0.2, -0.15) is 5.10 Å². The minimum atomic E-state index is 0.599. The van der Waals surface area contributed by atoms with Crippen LogP contribution in [0.5, 0.6) is 11.5 Å². The lowest BCUT2D eigenvalue weighted by molar-refractivity contribution is 0.311. The van der Waals surface area contributed by atoms with Crippen LogP contribution in [0, 0.1) is 0 Å². The van der Waals surface area contributed by atoms with Crippen molar-refractivity contribution in [2.75, 3.05) is 13.7 Å². The van der Waals surface area contributed by atoms with E-state index in [4.69, 9.17) is 14.5 Å². The van der Waals surface area contributed by atoms with E-state index in [0.717, 1.165) is 43.8 Å². The molecule has 7 nitrogen and oxygen atoms in total. The van der Waals surface area contributed by atoms with Crippen molar-refractivity contribution in [3.05, 3.63) is 41.8 Å². The third kappa shape index (κ3) is 3.67. The second-order valence-corrected chi connectivity index (χ2v) is 7.74. The Morgan fingerprint density at radius 2 is 2.11 bits per heavy atom. The monoisotopic (exact) mass is 413 g/mol. The summed E-state index contributed by atoms with van der Waals surface area (Å²) in [5, 5.41) is 9.16. The van der Waals surface area contributed by atoms with Crippen LogP contribution in [-0.4, -0.2) is 38.4 Å². The zero-order valence-corrected chi connectivity index (χ0v) is 17.4. The van der Waals surface area contributed by atoms with E-state index in [0.29, 0.717) is 12.4 Å². The molecular weight excluding hydrogens is 394 g/mol. The maximum atomic E-state index is 5.58. The number of ether oxygens (including phenoxy) is 2. The van der Waals surface area contributed by atoms with Gasteiger partial charge in [0.15, 0.2) is 17.1 Å². The van der Waals surface area contributed by atoms with Crippen LogP contribution in [0.1, 0.15) is 12.6 Å². The van der Waals surface area contributed by atoms with E-state index in [1.54, 1.807) is 47.4 Å². The first-order valence-corrected chi connectivity index (χ1v) is 10.6. The van der Waals surface area contributed by atoms with Crippen molar-refractivity contribution in [1.82, 2.24) is 24.7 Å². The van der Waals surface area contributed by atoms with Gasteiger partial charge < -0.3 is 9.47 Å². The first-order chi connectivity index (χ1) is 13.7. The van der Waals surface area contributed by atoms with Gasteiger partial charge in [0, 0.05) is 23.7 Å². The van der Waals surface area contributed by atoms with E-state index in [9.17, 15) is 0 Å². The topological polar surface area (TPSA) is 75.0 Å². The summed E-state index contributed by atoms with van der Waals surface area (Å²) >= 11 is 3.25. The Bertz CT molecular complexity index is 1110. The van der Waals surface area contributed by atoms with Crippen LogP contribution >= 0.6 is 23.1 Å². The summed E-state index contributed by atoms with van der Waals surface area (Å²) < 4.78 is 12.8. The third-order valence-electron chi connectivity index (χ3n) is 4.11. The fraction of sp³-hybridized carbons (Fsp3) is 0.263. The molecule has 0 saturated heterocycles. The predicted octanol–water partition coefficient (Wildman–Crippen LogP) is 4.19. The number of nitrogens with zero attached hydrogens (tertiary/aromatic N) is 5. The molecule has 0 amide bonds. The Hall–Kier alpha value is -2.65. The number of hydrogen-bond acceptors (Lipinski definition) is 8. The number of hydrogen-bond donors (Lipinski definition) is 0. The molecule has 3 aromatic heterocycles. The van der Waals surface area contributed by atoms with Gasteiger partial charge in [0.1, 0.15) is 16.4 Å². The molecule has 0 N–H and O–H groups in total. The molecule has 0 radical (unpaired) electrons. The number of rotatable bonds is 7. The standard InChI is InChI=1S/C19H19N5O2S2/c1-4-26-15-6-5-12(7-16(15)25-3)18-23-13(9-27-18)10-28-19-14-8-22-24(2)17(14)20-11-21-19/h5-9,11H,4,10H2,1-3H3. The number of thioether (sulfide) groups is 1. The number of fused-ring (bicyclic) bond motifs is 1. The van der Waals surface area contributed by atoms with E-state index in [1.807, 2.05) is 32.2 Å². The molecule has 0 saturated carbocycles. The molecule has 0 spiro atoms. The number of thiazole rings is 1. The SMILES string of the molecule is CCOc1ccc(-c2nc(CSc3ncnc4c3cnn4C)cs2)cc1OC. The summed E-state index contributed by atoms with van der Waals surface area (Å²) in [5.74, 6) is 2.18. The van der Waals surface area contributed by atoms with Gasteiger partial charge in [-0.3, -0.25) is 4.68 Å². The highest BCUT2D eigenvalue weighted by Crippen LogP contribution is 2.35. The van der Waals surface area contributed by atoms with Gasteiger partial charge in [0.05, 0.1) is 31.0 Å². The highest BCUT2D eigenvalue weighted by molar-refractivity contribution is 7.98. The number of methoxy groups -OCH3 is 1. The fourth-order valence-electron chi connectivity index (χ4n) is 2.78. The minimum absolute atomic E-state index is 0.599. The van der Waals surface area contributed by atoms with Gasteiger partial charge >= 0.3 is 0 Å². The average Bonchev–Trinajstić information content (AvgIpc) is 3.34. The van der Waals surface area contributed by atoms with Gasteiger partial charge in [-0.25, -0.2) is 15.0 Å². The molecule has 9 heteroatoms. The molecule has 0 bridgehead atoms. The first-order valence-electron chi connectivity index (χ1n) is 8.70. The fourth-order valence-corrected chi connectivity index (χ4v) is 4.55. The molecule has 3 heterocycles. The van der Waals surface area contributed by atoms with Crippen molar-refractivity contribution in [3.8, 4) is 22.1 Å². The summed E-state index contributed by atoms with van der Waals surface area (Å²) in [5.41, 5.74) is 2.85. The minimum Gasteiger partial charge on any atom is -0.493 e. The normalized spacial score (nSPS) is 11.1. The van der Waals surface area contributed by atoms with Crippen molar-refractivity contribution in [2.24, 2.45) is 7.05 Å². The largest absolute Gasteiger partial charge is 0.493 e. The van der Waals surface area contributed by atoms with Crippen molar-refractivity contribution >= 4 is 34.1 Å². The van der Waals surface area contributed by atoms with Crippen molar-refractivity contribution in [1.29, 1.82) is 0 Å². The van der Waals surface area contributed by atoms with Crippen LogP contribution in [0.4, 0.5) is 0 Å². The molecule has 0 fully saturated rings. The van der Waals surface area contributed by atoms with Gasteiger partial charge in [-0.1, -0.05) is 11.8 Å². The third-order valence-corrected chi connectivity index (χ3v) is 6.09. The summed E-state index contributed by atoms with van der Waals surface area (Å²) in [4.78, 5) is 13.4. The van der Waals surface area contributed by atoms with Crippen LogP contribution in [-0.2, 0) is 12.8 Å². The molecule has 0 atom stereocenters. The Kier molecular flexibility index (Phi) is 5.45. The average molecular weight is 414 g/mol. The zero-order chi connectivity index (χ0) is 19.5. The molecular formula is C19H19N5O2S2.